The first-order valence-corrected chi connectivity index (χ1v) is 6.62. The first-order valence-electron chi connectivity index (χ1n) is 6.62. The first kappa shape index (κ1) is 11.9. The van der Waals surface area contributed by atoms with E-state index in [0.717, 1.165) is 51.2 Å². The summed E-state index contributed by atoms with van der Waals surface area (Å²) in [5, 5.41) is 9.42. The van der Waals surface area contributed by atoms with Gasteiger partial charge in [-0.25, -0.2) is 0 Å². The van der Waals surface area contributed by atoms with Crippen LogP contribution < -0.4 is 0 Å². The lowest BCUT2D eigenvalue weighted by Crippen LogP contribution is -2.40. The van der Waals surface area contributed by atoms with E-state index in [1.54, 1.807) is 0 Å². The Morgan fingerprint density at radius 3 is 2.62 bits per heavy atom. The number of nitrogens with zero attached hydrogens (tertiary/aromatic N) is 1. The summed E-state index contributed by atoms with van der Waals surface area (Å²) >= 11 is 0. The summed E-state index contributed by atoms with van der Waals surface area (Å²) < 4.78 is 0. The zero-order valence-corrected chi connectivity index (χ0v) is 10.2. The molecule has 2 rings (SSSR count). The largest absolute Gasteiger partial charge is 0.481 e. The quantitative estimate of drug-likeness (QED) is 0.798. The molecule has 0 aromatic rings. The van der Waals surface area contributed by atoms with Crippen LogP contribution in [0.1, 0.15) is 45.4 Å². The molecule has 16 heavy (non-hydrogen) atoms. The molecule has 2 fully saturated rings. The normalized spacial score (nSPS) is 29.7. The second-order valence-electron chi connectivity index (χ2n) is 5.59. The maximum absolute atomic E-state index is 11.4. The third kappa shape index (κ3) is 2.24. The van der Waals surface area contributed by atoms with Crippen LogP contribution in [0.25, 0.3) is 0 Å². The second kappa shape index (κ2) is 4.74. The van der Waals surface area contributed by atoms with Crippen molar-refractivity contribution in [3.05, 3.63) is 0 Å². The van der Waals surface area contributed by atoms with Gasteiger partial charge in [-0.1, -0.05) is 26.2 Å². The van der Waals surface area contributed by atoms with Crippen LogP contribution in [0, 0.1) is 11.3 Å². The van der Waals surface area contributed by atoms with E-state index in [2.05, 4.69) is 11.8 Å². The SMILES string of the molecule is CCC1CCN(CC2(C(=O)O)CCCC2)C1. The molecule has 0 bridgehead atoms. The van der Waals surface area contributed by atoms with Crippen LogP contribution >= 0.6 is 0 Å². The van der Waals surface area contributed by atoms with Gasteiger partial charge in [-0.3, -0.25) is 4.79 Å². The Hall–Kier alpha value is -0.570. The number of likely N-dealkylation sites (tertiary alicyclic amines) is 1. The molecule has 1 heterocycles. The third-order valence-corrected chi connectivity index (χ3v) is 4.49. The minimum absolute atomic E-state index is 0.414. The number of carboxylic acid groups (broad SMARTS) is 1. The summed E-state index contributed by atoms with van der Waals surface area (Å²) in [6.45, 7) is 5.24. The van der Waals surface area contributed by atoms with Crippen molar-refractivity contribution in [1.29, 1.82) is 0 Å². The highest BCUT2D eigenvalue weighted by Gasteiger charge is 2.43. The van der Waals surface area contributed by atoms with Crippen LogP contribution in [0.4, 0.5) is 0 Å². The number of carbonyl (C=O) groups is 1. The van der Waals surface area contributed by atoms with Crippen LogP contribution in [0.15, 0.2) is 0 Å². The van der Waals surface area contributed by atoms with E-state index in [4.69, 9.17) is 0 Å². The lowest BCUT2D eigenvalue weighted by molar-refractivity contribution is -0.149. The van der Waals surface area contributed by atoms with E-state index in [-0.39, 0.29) is 0 Å². The predicted molar refractivity (Wildman–Crippen MR) is 63.4 cm³/mol. The van der Waals surface area contributed by atoms with Crippen LogP contribution in [0.5, 0.6) is 0 Å². The van der Waals surface area contributed by atoms with Crippen molar-refractivity contribution < 1.29 is 9.90 Å². The number of aliphatic carboxylic acids is 1. The van der Waals surface area contributed by atoms with Gasteiger partial charge in [0.2, 0.25) is 0 Å². The lowest BCUT2D eigenvalue weighted by Gasteiger charge is -2.29. The fraction of sp³-hybridized carbons (Fsp3) is 0.923. The molecule has 0 aromatic carbocycles. The van der Waals surface area contributed by atoms with Crippen LogP contribution in [0.2, 0.25) is 0 Å². The first-order chi connectivity index (χ1) is 7.66. The number of rotatable bonds is 4. The molecule has 1 N–H and O–H groups in total. The molecule has 1 saturated heterocycles. The van der Waals surface area contributed by atoms with E-state index in [1.807, 2.05) is 0 Å². The summed E-state index contributed by atoms with van der Waals surface area (Å²) in [4.78, 5) is 13.8. The highest BCUT2D eigenvalue weighted by molar-refractivity contribution is 5.75. The molecule has 0 amide bonds. The van der Waals surface area contributed by atoms with E-state index in [0.29, 0.717) is 0 Å². The minimum Gasteiger partial charge on any atom is -0.481 e. The molecule has 0 spiro atoms. The van der Waals surface area contributed by atoms with E-state index < -0.39 is 11.4 Å². The Balaban J connectivity index is 1.94. The average molecular weight is 225 g/mol. The Labute approximate surface area is 97.8 Å². The van der Waals surface area contributed by atoms with Crippen LogP contribution in [0.3, 0.4) is 0 Å². The summed E-state index contributed by atoms with van der Waals surface area (Å²) in [6, 6.07) is 0. The average Bonchev–Trinajstić information content (AvgIpc) is 2.88. The zero-order chi connectivity index (χ0) is 11.6. The minimum atomic E-state index is -0.565. The van der Waals surface area contributed by atoms with Gasteiger partial charge in [-0.2, -0.15) is 0 Å². The second-order valence-corrected chi connectivity index (χ2v) is 5.59. The molecular weight excluding hydrogens is 202 g/mol. The van der Waals surface area contributed by atoms with Gasteiger partial charge in [0.1, 0.15) is 0 Å². The Morgan fingerprint density at radius 1 is 1.44 bits per heavy atom. The lowest BCUT2D eigenvalue weighted by atomic mass is 9.86. The standard InChI is InChI=1S/C13H23NO2/c1-2-11-5-8-14(9-11)10-13(12(15)16)6-3-4-7-13/h11H,2-10H2,1H3,(H,15,16). The summed E-state index contributed by atoms with van der Waals surface area (Å²) in [6.07, 6.45) is 6.45. The number of hydrogen-bond acceptors (Lipinski definition) is 2. The van der Waals surface area contributed by atoms with Gasteiger partial charge in [0, 0.05) is 13.1 Å². The maximum Gasteiger partial charge on any atom is 0.310 e. The van der Waals surface area contributed by atoms with Gasteiger partial charge in [0.25, 0.3) is 0 Å². The molecule has 1 aliphatic heterocycles. The van der Waals surface area contributed by atoms with Crippen molar-refractivity contribution in [3.63, 3.8) is 0 Å². The Kier molecular flexibility index (Phi) is 3.53. The number of hydrogen-bond donors (Lipinski definition) is 1. The molecule has 1 unspecified atom stereocenters. The molecule has 2 aliphatic rings. The van der Waals surface area contributed by atoms with Gasteiger partial charge in [0.15, 0.2) is 0 Å². The summed E-state index contributed by atoms with van der Waals surface area (Å²) in [5.74, 6) is 0.234. The third-order valence-electron chi connectivity index (χ3n) is 4.49. The summed E-state index contributed by atoms with van der Waals surface area (Å²) in [7, 11) is 0. The fourth-order valence-corrected chi connectivity index (χ4v) is 3.31. The van der Waals surface area contributed by atoms with Crippen molar-refractivity contribution in [3.8, 4) is 0 Å². The maximum atomic E-state index is 11.4. The highest BCUT2D eigenvalue weighted by atomic mass is 16.4. The van der Waals surface area contributed by atoms with Gasteiger partial charge in [-0.15, -0.1) is 0 Å². The molecule has 1 aliphatic carbocycles. The molecule has 0 aromatic heterocycles. The van der Waals surface area contributed by atoms with Gasteiger partial charge >= 0.3 is 5.97 Å². The Morgan fingerprint density at radius 2 is 2.12 bits per heavy atom. The van der Waals surface area contributed by atoms with Crippen molar-refractivity contribution in [2.75, 3.05) is 19.6 Å². The highest BCUT2D eigenvalue weighted by Crippen LogP contribution is 2.40. The van der Waals surface area contributed by atoms with E-state index in [9.17, 15) is 9.90 Å². The van der Waals surface area contributed by atoms with E-state index in [1.165, 1.54) is 12.8 Å². The molecular formula is C13H23NO2. The topological polar surface area (TPSA) is 40.5 Å². The Bertz CT molecular complexity index is 259. The molecule has 3 nitrogen and oxygen atoms in total. The van der Waals surface area contributed by atoms with Crippen molar-refractivity contribution in [2.24, 2.45) is 11.3 Å². The number of carboxylic acids is 1. The fourth-order valence-electron chi connectivity index (χ4n) is 3.31. The van der Waals surface area contributed by atoms with Crippen LogP contribution in [-0.2, 0) is 4.79 Å². The molecule has 1 atom stereocenters. The molecule has 3 heteroatoms. The summed E-state index contributed by atoms with van der Waals surface area (Å²) in [5.41, 5.74) is -0.414. The molecule has 1 saturated carbocycles. The molecule has 92 valence electrons. The van der Waals surface area contributed by atoms with Crippen molar-refractivity contribution in [2.45, 2.75) is 45.4 Å². The molecule has 0 radical (unpaired) electrons. The van der Waals surface area contributed by atoms with Crippen molar-refractivity contribution in [1.82, 2.24) is 4.90 Å². The zero-order valence-electron chi connectivity index (χ0n) is 10.2. The van der Waals surface area contributed by atoms with E-state index >= 15 is 0 Å². The van der Waals surface area contributed by atoms with Gasteiger partial charge < -0.3 is 10.0 Å². The van der Waals surface area contributed by atoms with Gasteiger partial charge in [0.05, 0.1) is 5.41 Å². The van der Waals surface area contributed by atoms with Crippen molar-refractivity contribution >= 4 is 5.97 Å². The monoisotopic (exact) mass is 225 g/mol. The predicted octanol–water partition coefficient (Wildman–Crippen LogP) is 2.36. The van der Waals surface area contributed by atoms with Crippen LogP contribution in [-0.4, -0.2) is 35.6 Å². The smallest absolute Gasteiger partial charge is 0.310 e. The van der Waals surface area contributed by atoms with Gasteiger partial charge in [-0.05, 0) is 31.7 Å².